The van der Waals surface area contributed by atoms with E-state index in [1.54, 1.807) is 0 Å². The zero-order valence-corrected chi connectivity index (χ0v) is 15.6. The Morgan fingerprint density at radius 1 is 1.04 bits per heavy atom. The Labute approximate surface area is 159 Å². The second-order valence-electron chi connectivity index (χ2n) is 6.82. The minimum atomic E-state index is -0.540. The maximum atomic E-state index is 10.6. The van der Waals surface area contributed by atoms with Gasteiger partial charge < -0.3 is 24.2 Å². The van der Waals surface area contributed by atoms with Crippen LogP contribution in [0, 0.1) is 0 Å². The van der Waals surface area contributed by atoms with Gasteiger partial charge in [-0.2, -0.15) is 0 Å². The van der Waals surface area contributed by atoms with E-state index in [1.807, 2.05) is 43.3 Å². The van der Waals surface area contributed by atoms with Gasteiger partial charge in [-0.1, -0.05) is 18.2 Å². The van der Waals surface area contributed by atoms with Crippen molar-refractivity contribution >= 4 is 5.69 Å². The third-order valence-electron chi connectivity index (χ3n) is 5.09. The molecule has 0 amide bonds. The molecule has 4 rings (SSSR count). The third kappa shape index (κ3) is 3.96. The summed E-state index contributed by atoms with van der Waals surface area (Å²) >= 11 is 0. The Bertz CT molecular complexity index is 775. The van der Waals surface area contributed by atoms with Gasteiger partial charge in [-0.3, -0.25) is 4.90 Å². The SMILES string of the molecule is CCOc1ccccc1N1CCN(C[C@H](O)c2ccc3c(c2)OCO3)CC1. The number of aliphatic hydroxyl groups is 1. The number of nitrogens with zero attached hydrogens (tertiary/aromatic N) is 2. The van der Waals surface area contributed by atoms with Gasteiger partial charge in [0.2, 0.25) is 6.79 Å². The first kappa shape index (κ1) is 17.9. The van der Waals surface area contributed by atoms with Gasteiger partial charge in [0.25, 0.3) is 0 Å². The van der Waals surface area contributed by atoms with E-state index >= 15 is 0 Å². The number of fused-ring (bicyclic) bond motifs is 1. The van der Waals surface area contributed by atoms with Crippen molar-refractivity contribution in [3.8, 4) is 17.2 Å². The number of piperazine rings is 1. The molecule has 6 nitrogen and oxygen atoms in total. The summed E-state index contributed by atoms with van der Waals surface area (Å²) in [7, 11) is 0. The number of rotatable bonds is 6. The normalized spacial score (nSPS) is 17.8. The molecule has 2 aliphatic heterocycles. The Morgan fingerprint density at radius 3 is 2.63 bits per heavy atom. The molecule has 2 aromatic rings. The molecule has 0 bridgehead atoms. The lowest BCUT2D eigenvalue weighted by atomic mass is 10.1. The molecule has 2 aromatic carbocycles. The molecule has 0 saturated carbocycles. The number of benzene rings is 2. The summed E-state index contributed by atoms with van der Waals surface area (Å²) in [5.74, 6) is 2.39. The van der Waals surface area contributed by atoms with Gasteiger partial charge in [0.05, 0.1) is 18.4 Å². The molecule has 0 spiro atoms. The number of anilines is 1. The van der Waals surface area contributed by atoms with Gasteiger partial charge in [-0.15, -0.1) is 0 Å². The summed E-state index contributed by atoms with van der Waals surface area (Å²) in [6.07, 6.45) is -0.540. The molecule has 0 radical (unpaired) electrons. The molecule has 0 unspecified atom stereocenters. The second kappa shape index (κ2) is 8.06. The van der Waals surface area contributed by atoms with E-state index in [1.165, 1.54) is 0 Å². The van der Waals surface area contributed by atoms with E-state index in [0.29, 0.717) is 18.9 Å². The van der Waals surface area contributed by atoms with E-state index in [2.05, 4.69) is 15.9 Å². The standard InChI is InChI=1S/C21H26N2O4/c1-2-25-19-6-4-3-5-17(19)23-11-9-22(10-12-23)14-18(24)16-7-8-20-21(13-16)27-15-26-20/h3-8,13,18,24H,2,9-12,14-15H2,1H3/t18-/m0/s1. The van der Waals surface area contributed by atoms with Crippen LogP contribution in [-0.2, 0) is 0 Å². The lowest BCUT2D eigenvalue weighted by Gasteiger charge is -2.37. The summed E-state index contributed by atoms with van der Waals surface area (Å²) in [6.45, 7) is 7.17. The molecule has 1 atom stereocenters. The second-order valence-corrected chi connectivity index (χ2v) is 6.82. The minimum Gasteiger partial charge on any atom is -0.492 e. The van der Waals surface area contributed by atoms with Gasteiger partial charge in [0, 0.05) is 32.7 Å². The molecular weight excluding hydrogens is 344 g/mol. The van der Waals surface area contributed by atoms with Crippen LogP contribution in [0.4, 0.5) is 5.69 Å². The summed E-state index contributed by atoms with van der Waals surface area (Å²) in [5.41, 5.74) is 2.01. The lowest BCUT2D eigenvalue weighted by molar-refractivity contribution is 0.109. The monoisotopic (exact) mass is 370 g/mol. The Balaban J connectivity index is 1.34. The average Bonchev–Trinajstić information content (AvgIpc) is 3.17. The van der Waals surface area contributed by atoms with Crippen molar-refractivity contribution in [2.75, 3.05) is 51.0 Å². The van der Waals surface area contributed by atoms with Crippen LogP contribution >= 0.6 is 0 Å². The van der Waals surface area contributed by atoms with Crippen LogP contribution in [0.3, 0.4) is 0 Å². The van der Waals surface area contributed by atoms with Crippen LogP contribution in [0.2, 0.25) is 0 Å². The smallest absolute Gasteiger partial charge is 0.231 e. The van der Waals surface area contributed by atoms with Crippen molar-refractivity contribution in [2.45, 2.75) is 13.0 Å². The molecule has 27 heavy (non-hydrogen) atoms. The Morgan fingerprint density at radius 2 is 1.81 bits per heavy atom. The summed E-state index contributed by atoms with van der Waals surface area (Å²) < 4.78 is 16.5. The van der Waals surface area contributed by atoms with Crippen LogP contribution in [0.25, 0.3) is 0 Å². The van der Waals surface area contributed by atoms with Crippen molar-refractivity contribution in [3.63, 3.8) is 0 Å². The van der Waals surface area contributed by atoms with Gasteiger partial charge in [-0.25, -0.2) is 0 Å². The summed E-state index contributed by atoms with van der Waals surface area (Å²) in [6, 6.07) is 13.8. The molecule has 1 N–H and O–H groups in total. The van der Waals surface area contributed by atoms with E-state index in [0.717, 1.165) is 48.9 Å². The highest BCUT2D eigenvalue weighted by Gasteiger charge is 2.23. The number of β-amino-alcohol motifs (C(OH)–C–C–N with tert-alkyl or cyclic N) is 1. The van der Waals surface area contributed by atoms with E-state index < -0.39 is 6.10 Å². The first-order valence-corrected chi connectivity index (χ1v) is 9.51. The number of ether oxygens (including phenoxy) is 3. The van der Waals surface area contributed by atoms with E-state index in [9.17, 15) is 5.11 Å². The first-order valence-electron chi connectivity index (χ1n) is 9.51. The number of hydrogen-bond acceptors (Lipinski definition) is 6. The number of para-hydroxylation sites is 2. The molecule has 2 heterocycles. The lowest BCUT2D eigenvalue weighted by Crippen LogP contribution is -2.47. The average molecular weight is 370 g/mol. The first-order chi connectivity index (χ1) is 13.2. The maximum absolute atomic E-state index is 10.6. The fourth-order valence-corrected chi connectivity index (χ4v) is 3.64. The van der Waals surface area contributed by atoms with Crippen LogP contribution in [0.15, 0.2) is 42.5 Å². The predicted octanol–water partition coefficient (Wildman–Crippen LogP) is 2.67. The van der Waals surface area contributed by atoms with Crippen molar-refractivity contribution < 1.29 is 19.3 Å². The highest BCUT2D eigenvalue weighted by atomic mass is 16.7. The fourth-order valence-electron chi connectivity index (χ4n) is 3.64. The largest absolute Gasteiger partial charge is 0.492 e. The maximum Gasteiger partial charge on any atom is 0.231 e. The summed E-state index contributed by atoms with van der Waals surface area (Å²) in [4.78, 5) is 4.66. The van der Waals surface area contributed by atoms with Gasteiger partial charge in [0.1, 0.15) is 5.75 Å². The highest BCUT2D eigenvalue weighted by Crippen LogP contribution is 2.34. The van der Waals surface area contributed by atoms with E-state index in [4.69, 9.17) is 14.2 Å². The third-order valence-corrected chi connectivity index (χ3v) is 5.09. The van der Waals surface area contributed by atoms with Crippen LogP contribution in [0.1, 0.15) is 18.6 Å². The van der Waals surface area contributed by atoms with Crippen molar-refractivity contribution in [2.24, 2.45) is 0 Å². The van der Waals surface area contributed by atoms with Crippen molar-refractivity contribution in [3.05, 3.63) is 48.0 Å². The molecule has 2 aliphatic rings. The van der Waals surface area contributed by atoms with Gasteiger partial charge >= 0.3 is 0 Å². The summed E-state index contributed by atoms with van der Waals surface area (Å²) in [5, 5.41) is 10.6. The predicted molar refractivity (Wildman–Crippen MR) is 104 cm³/mol. The van der Waals surface area contributed by atoms with Crippen molar-refractivity contribution in [1.29, 1.82) is 0 Å². The zero-order chi connectivity index (χ0) is 18.6. The Kier molecular flexibility index (Phi) is 5.36. The van der Waals surface area contributed by atoms with Crippen molar-refractivity contribution in [1.82, 2.24) is 4.90 Å². The number of hydrogen-bond donors (Lipinski definition) is 1. The molecule has 144 valence electrons. The molecular formula is C21H26N2O4. The highest BCUT2D eigenvalue weighted by molar-refractivity contribution is 5.58. The molecule has 6 heteroatoms. The Hall–Kier alpha value is -2.44. The van der Waals surface area contributed by atoms with Crippen LogP contribution in [-0.4, -0.2) is 56.1 Å². The van der Waals surface area contributed by atoms with Gasteiger partial charge in [0.15, 0.2) is 11.5 Å². The van der Waals surface area contributed by atoms with Crippen LogP contribution < -0.4 is 19.1 Å². The molecule has 1 saturated heterocycles. The molecule has 0 aliphatic carbocycles. The minimum absolute atomic E-state index is 0.250. The van der Waals surface area contributed by atoms with Crippen LogP contribution in [0.5, 0.6) is 17.2 Å². The molecule has 0 aromatic heterocycles. The van der Waals surface area contributed by atoms with Gasteiger partial charge in [-0.05, 0) is 36.8 Å². The quantitative estimate of drug-likeness (QED) is 0.844. The zero-order valence-electron chi connectivity index (χ0n) is 15.6. The fraction of sp³-hybridized carbons (Fsp3) is 0.429. The van der Waals surface area contributed by atoms with E-state index in [-0.39, 0.29) is 6.79 Å². The number of aliphatic hydroxyl groups excluding tert-OH is 1. The molecule has 1 fully saturated rings. The topological polar surface area (TPSA) is 54.4 Å².